The third kappa shape index (κ3) is 2.96. The van der Waals surface area contributed by atoms with Gasteiger partial charge in [0.2, 0.25) is 5.91 Å². The second-order valence-corrected chi connectivity index (χ2v) is 5.02. The smallest absolute Gasteiger partial charge is 0.251 e. The van der Waals surface area contributed by atoms with Gasteiger partial charge in [0, 0.05) is 30.0 Å². The van der Waals surface area contributed by atoms with Gasteiger partial charge in [-0.3, -0.25) is 14.7 Å². The first-order valence-corrected chi connectivity index (χ1v) is 6.73. The van der Waals surface area contributed by atoms with Crippen LogP contribution in [0.2, 0.25) is 0 Å². The minimum atomic E-state index is -0.180. The molecular weight excluding hydrogens is 256 g/mol. The molecule has 2 amide bonds. The van der Waals surface area contributed by atoms with Crippen molar-refractivity contribution < 1.29 is 9.59 Å². The molecule has 0 atom stereocenters. The molecule has 1 fully saturated rings. The summed E-state index contributed by atoms with van der Waals surface area (Å²) in [6, 6.07) is 5.70. The van der Waals surface area contributed by atoms with Crippen molar-refractivity contribution in [2.45, 2.75) is 25.3 Å². The average Bonchev–Trinajstić information content (AvgIpc) is 3.12. The number of amides is 2. The van der Waals surface area contributed by atoms with E-state index in [0.29, 0.717) is 24.6 Å². The maximum absolute atomic E-state index is 11.9. The number of nitrogens with zero attached hydrogens (tertiary/aromatic N) is 1. The Morgan fingerprint density at radius 2 is 2.20 bits per heavy atom. The largest absolute Gasteiger partial charge is 0.353 e. The van der Waals surface area contributed by atoms with Crippen LogP contribution < -0.4 is 10.6 Å². The first-order chi connectivity index (χ1) is 9.72. The lowest BCUT2D eigenvalue weighted by molar-refractivity contribution is -0.121. The van der Waals surface area contributed by atoms with Crippen molar-refractivity contribution in [1.82, 2.24) is 20.8 Å². The molecular formula is C14H16N4O2. The zero-order valence-electron chi connectivity index (χ0n) is 11.0. The topological polar surface area (TPSA) is 86.9 Å². The van der Waals surface area contributed by atoms with Gasteiger partial charge in [0.05, 0.1) is 11.7 Å². The molecule has 0 bridgehead atoms. The van der Waals surface area contributed by atoms with Gasteiger partial charge in [0.1, 0.15) is 0 Å². The van der Waals surface area contributed by atoms with Crippen LogP contribution >= 0.6 is 0 Å². The van der Waals surface area contributed by atoms with Gasteiger partial charge in [0.15, 0.2) is 0 Å². The van der Waals surface area contributed by atoms with Gasteiger partial charge in [-0.2, -0.15) is 5.10 Å². The normalized spacial score (nSPS) is 14.2. The van der Waals surface area contributed by atoms with Crippen molar-refractivity contribution in [2.24, 2.45) is 0 Å². The molecule has 0 spiro atoms. The van der Waals surface area contributed by atoms with Crippen molar-refractivity contribution in [3.8, 4) is 0 Å². The van der Waals surface area contributed by atoms with Gasteiger partial charge in [0.25, 0.3) is 5.91 Å². The monoisotopic (exact) mass is 272 g/mol. The summed E-state index contributed by atoms with van der Waals surface area (Å²) in [6.45, 7) is 0.346. The number of hydrogen-bond donors (Lipinski definition) is 3. The minimum absolute atomic E-state index is 0.00294. The molecule has 1 aliphatic carbocycles. The van der Waals surface area contributed by atoms with E-state index in [9.17, 15) is 9.59 Å². The molecule has 1 aromatic carbocycles. The summed E-state index contributed by atoms with van der Waals surface area (Å²) in [5.74, 6) is -0.183. The van der Waals surface area contributed by atoms with E-state index in [1.165, 1.54) is 0 Å². The van der Waals surface area contributed by atoms with E-state index >= 15 is 0 Å². The zero-order valence-corrected chi connectivity index (χ0v) is 11.0. The molecule has 6 heteroatoms. The number of carbonyl (C=O) groups excluding carboxylic acids is 2. The van der Waals surface area contributed by atoms with E-state index in [-0.39, 0.29) is 11.8 Å². The predicted octanol–water partition coefficient (Wildman–Crippen LogP) is 0.961. The molecule has 0 saturated heterocycles. The third-order valence-corrected chi connectivity index (χ3v) is 3.28. The van der Waals surface area contributed by atoms with Crippen LogP contribution in [0, 0.1) is 0 Å². The summed E-state index contributed by atoms with van der Waals surface area (Å²) in [5.41, 5.74) is 1.38. The van der Waals surface area contributed by atoms with Gasteiger partial charge in [-0.05, 0) is 25.0 Å². The number of aromatic amines is 1. The molecule has 0 aliphatic heterocycles. The Bertz CT molecular complexity index is 645. The highest BCUT2D eigenvalue weighted by Gasteiger charge is 2.22. The lowest BCUT2D eigenvalue weighted by atomic mass is 10.1. The van der Waals surface area contributed by atoms with Crippen molar-refractivity contribution >= 4 is 22.7 Å². The maximum Gasteiger partial charge on any atom is 0.251 e. The lowest BCUT2D eigenvalue weighted by Crippen LogP contribution is -2.31. The Kier molecular flexibility index (Phi) is 3.37. The Morgan fingerprint density at radius 1 is 1.35 bits per heavy atom. The van der Waals surface area contributed by atoms with Crippen molar-refractivity contribution in [3.63, 3.8) is 0 Å². The molecule has 1 saturated carbocycles. The van der Waals surface area contributed by atoms with E-state index in [0.717, 1.165) is 23.7 Å². The molecule has 1 heterocycles. The van der Waals surface area contributed by atoms with Gasteiger partial charge in [-0.25, -0.2) is 0 Å². The number of carbonyl (C=O) groups is 2. The van der Waals surface area contributed by atoms with Crippen LogP contribution in [0.3, 0.4) is 0 Å². The zero-order chi connectivity index (χ0) is 13.9. The molecule has 6 nitrogen and oxygen atoms in total. The van der Waals surface area contributed by atoms with E-state index in [1.54, 1.807) is 18.3 Å². The molecule has 104 valence electrons. The number of H-pyrrole nitrogens is 1. The Balaban J connectivity index is 1.51. The summed E-state index contributed by atoms with van der Waals surface area (Å²) in [5, 5.41) is 13.3. The van der Waals surface area contributed by atoms with E-state index in [1.807, 2.05) is 6.07 Å². The molecule has 3 N–H and O–H groups in total. The number of aromatic nitrogens is 2. The maximum atomic E-state index is 11.9. The summed E-state index contributed by atoms with van der Waals surface area (Å²) in [4.78, 5) is 23.4. The number of benzene rings is 1. The van der Waals surface area contributed by atoms with Crippen molar-refractivity contribution in [3.05, 3.63) is 30.0 Å². The molecule has 3 rings (SSSR count). The fraction of sp³-hybridized carbons (Fsp3) is 0.357. The van der Waals surface area contributed by atoms with Crippen LogP contribution in [0.4, 0.5) is 0 Å². The Hall–Kier alpha value is -2.37. The SMILES string of the molecule is O=C(CCNC(=O)c1ccc2cn[nH]c2c1)NC1CC1. The summed E-state index contributed by atoms with van der Waals surface area (Å²) in [7, 11) is 0. The number of rotatable bonds is 5. The third-order valence-electron chi connectivity index (χ3n) is 3.28. The fourth-order valence-electron chi connectivity index (χ4n) is 2.00. The highest BCUT2D eigenvalue weighted by atomic mass is 16.2. The summed E-state index contributed by atoms with van der Waals surface area (Å²) >= 11 is 0. The highest BCUT2D eigenvalue weighted by Crippen LogP contribution is 2.18. The number of hydrogen-bond acceptors (Lipinski definition) is 3. The average molecular weight is 272 g/mol. The molecule has 0 unspecified atom stereocenters. The fourth-order valence-corrected chi connectivity index (χ4v) is 2.00. The van der Waals surface area contributed by atoms with Crippen molar-refractivity contribution in [2.75, 3.05) is 6.54 Å². The molecule has 1 aromatic heterocycles. The standard InChI is InChI=1S/C14H16N4O2/c19-13(17-11-3-4-11)5-6-15-14(20)9-1-2-10-8-16-18-12(10)7-9/h1-2,7-8,11H,3-6H2,(H,15,20)(H,16,18)(H,17,19). The second kappa shape index (κ2) is 5.32. The van der Waals surface area contributed by atoms with Crippen LogP contribution in [0.15, 0.2) is 24.4 Å². The summed E-state index contributed by atoms with van der Waals surface area (Å²) < 4.78 is 0. The first-order valence-electron chi connectivity index (χ1n) is 6.73. The molecule has 1 aliphatic rings. The van der Waals surface area contributed by atoms with Crippen molar-refractivity contribution in [1.29, 1.82) is 0 Å². The van der Waals surface area contributed by atoms with Crippen LogP contribution in [0.5, 0.6) is 0 Å². The van der Waals surface area contributed by atoms with E-state index < -0.39 is 0 Å². The minimum Gasteiger partial charge on any atom is -0.353 e. The highest BCUT2D eigenvalue weighted by molar-refractivity contribution is 5.97. The van der Waals surface area contributed by atoms with Gasteiger partial charge in [-0.15, -0.1) is 0 Å². The van der Waals surface area contributed by atoms with Crippen LogP contribution in [-0.4, -0.2) is 34.6 Å². The Morgan fingerprint density at radius 3 is 3.00 bits per heavy atom. The number of nitrogens with one attached hydrogen (secondary N) is 3. The van der Waals surface area contributed by atoms with Gasteiger partial charge in [-0.1, -0.05) is 6.07 Å². The predicted molar refractivity (Wildman–Crippen MR) is 74.2 cm³/mol. The van der Waals surface area contributed by atoms with Crippen LogP contribution in [0.1, 0.15) is 29.6 Å². The van der Waals surface area contributed by atoms with E-state index in [4.69, 9.17) is 0 Å². The van der Waals surface area contributed by atoms with Crippen LogP contribution in [-0.2, 0) is 4.79 Å². The Labute approximate surface area is 115 Å². The first kappa shape index (κ1) is 12.7. The molecule has 20 heavy (non-hydrogen) atoms. The molecule has 2 aromatic rings. The van der Waals surface area contributed by atoms with Crippen LogP contribution in [0.25, 0.3) is 10.9 Å². The second-order valence-electron chi connectivity index (χ2n) is 5.02. The summed E-state index contributed by atoms with van der Waals surface area (Å²) in [6.07, 6.45) is 4.17. The van der Waals surface area contributed by atoms with E-state index in [2.05, 4.69) is 20.8 Å². The van der Waals surface area contributed by atoms with Gasteiger partial charge < -0.3 is 10.6 Å². The van der Waals surface area contributed by atoms with Gasteiger partial charge >= 0.3 is 0 Å². The quantitative estimate of drug-likeness (QED) is 0.757. The molecule has 0 radical (unpaired) electrons. The lowest BCUT2D eigenvalue weighted by Gasteiger charge is -2.06. The number of fused-ring (bicyclic) bond motifs is 1.